The van der Waals surface area contributed by atoms with Gasteiger partial charge in [-0.3, -0.25) is 9.48 Å². The van der Waals surface area contributed by atoms with Gasteiger partial charge in [0.15, 0.2) is 0 Å². The second kappa shape index (κ2) is 5.90. The predicted octanol–water partition coefficient (Wildman–Crippen LogP) is 1.72. The maximum absolute atomic E-state index is 12.0. The maximum Gasteiger partial charge on any atom is 0.296 e. The molecule has 0 radical (unpaired) electrons. The van der Waals surface area contributed by atoms with Crippen LogP contribution in [0.25, 0.3) is 0 Å². The maximum atomic E-state index is 12.0. The van der Waals surface area contributed by atoms with E-state index in [0.29, 0.717) is 6.61 Å². The largest absolute Gasteiger partial charge is 0.371 e. The highest BCUT2D eigenvalue weighted by Crippen LogP contribution is 2.30. The Kier molecular flexibility index (Phi) is 4.38. The Morgan fingerprint density at radius 3 is 2.81 bits per heavy atom. The van der Waals surface area contributed by atoms with E-state index in [4.69, 9.17) is 4.74 Å². The van der Waals surface area contributed by atoms with Crippen molar-refractivity contribution in [2.24, 2.45) is 12.5 Å². The first-order valence-corrected chi connectivity index (χ1v) is 7.22. The molecule has 2 atom stereocenters. The van der Waals surface area contributed by atoms with Gasteiger partial charge in [-0.05, 0) is 40.0 Å². The average Bonchev–Trinajstić information content (AvgIpc) is 2.92. The molecule has 2 rings (SSSR count). The number of nitrogens with zero attached hydrogens (tertiary/aromatic N) is 2. The van der Waals surface area contributed by atoms with Crippen LogP contribution in [-0.2, 0) is 16.6 Å². The molecule has 114 valence electrons. The summed E-state index contributed by atoms with van der Waals surface area (Å²) in [6.07, 6.45) is 2.60. The van der Waals surface area contributed by atoms with Crippen LogP contribution in [0.2, 0.25) is 0 Å². The van der Waals surface area contributed by atoms with Gasteiger partial charge >= 0.3 is 0 Å². The lowest BCUT2D eigenvalue weighted by Gasteiger charge is -2.18. The number of hydrogen-bond acceptors (Lipinski definition) is 3. The lowest BCUT2D eigenvalue weighted by molar-refractivity contribution is -0.116. The number of rotatable bonds is 2. The number of aryl methyl sites for hydroxylation is 2. The van der Waals surface area contributed by atoms with E-state index < -0.39 is 0 Å². The average molecular weight is 289 g/mol. The van der Waals surface area contributed by atoms with E-state index >= 15 is 0 Å². The second-order valence-corrected chi connectivity index (χ2v) is 6.50. The topological polar surface area (TPSA) is 56.1 Å². The molecular formula is C16H23N3O2. The number of hydrogen-bond donors (Lipinski definition) is 1. The molecule has 1 N–H and O–H groups in total. The quantitative estimate of drug-likeness (QED) is 0.844. The van der Waals surface area contributed by atoms with E-state index in [1.54, 1.807) is 4.68 Å². The zero-order valence-corrected chi connectivity index (χ0v) is 13.4. The molecule has 0 spiro atoms. The van der Waals surface area contributed by atoms with Gasteiger partial charge in [-0.2, -0.15) is 5.10 Å². The van der Waals surface area contributed by atoms with Gasteiger partial charge in [0, 0.05) is 30.8 Å². The third-order valence-corrected chi connectivity index (χ3v) is 3.32. The number of carbonyl (C=O) groups excluding carboxylic acids is 1. The van der Waals surface area contributed by atoms with E-state index in [-0.39, 0.29) is 23.5 Å². The summed E-state index contributed by atoms with van der Waals surface area (Å²) in [6, 6.07) is -0.0466. The molecule has 1 aromatic heterocycles. The molecule has 1 fully saturated rings. The molecule has 0 unspecified atom stereocenters. The van der Waals surface area contributed by atoms with E-state index in [1.165, 1.54) is 0 Å². The van der Waals surface area contributed by atoms with Crippen molar-refractivity contribution >= 4 is 5.91 Å². The highest BCUT2D eigenvalue weighted by Gasteiger charge is 2.32. The molecule has 1 aliphatic rings. The van der Waals surface area contributed by atoms with Crippen LogP contribution in [0.15, 0.2) is 6.20 Å². The smallest absolute Gasteiger partial charge is 0.296 e. The molecule has 0 saturated carbocycles. The van der Waals surface area contributed by atoms with Crippen molar-refractivity contribution in [1.29, 1.82) is 0 Å². The lowest BCUT2D eigenvalue weighted by atomic mass is 9.98. The summed E-state index contributed by atoms with van der Waals surface area (Å²) in [5, 5.41) is 7.30. The van der Waals surface area contributed by atoms with E-state index in [9.17, 15) is 4.79 Å². The van der Waals surface area contributed by atoms with Gasteiger partial charge < -0.3 is 10.1 Å². The third-order valence-electron chi connectivity index (χ3n) is 3.32. The molecule has 5 nitrogen and oxygen atoms in total. The van der Waals surface area contributed by atoms with Gasteiger partial charge in [0.2, 0.25) is 0 Å². The molecule has 21 heavy (non-hydrogen) atoms. The summed E-state index contributed by atoms with van der Waals surface area (Å²) in [5.74, 6) is 5.37. The monoisotopic (exact) mass is 289 g/mol. The molecule has 2 heterocycles. The minimum absolute atomic E-state index is 0.0466. The van der Waals surface area contributed by atoms with Crippen LogP contribution >= 0.6 is 0 Å². The van der Waals surface area contributed by atoms with Crippen molar-refractivity contribution in [2.75, 3.05) is 6.61 Å². The molecule has 0 bridgehead atoms. The molecular weight excluding hydrogens is 266 g/mol. The van der Waals surface area contributed by atoms with Gasteiger partial charge in [0.1, 0.15) is 6.10 Å². The molecule has 1 aliphatic heterocycles. The van der Waals surface area contributed by atoms with Crippen LogP contribution in [0.4, 0.5) is 0 Å². The van der Waals surface area contributed by atoms with Gasteiger partial charge in [0.25, 0.3) is 5.91 Å². The second-order valence-electron chi connectivity index (χ2n) is 6.50. The fourth-order valence-electron chi connectivity index (χ4n) is 2.39. The van der Waals surface area contributed by atoms with Gasteiger partial charge in [-0.1, -0.05) is 5.92 Å². The molecule has 1 aromatic rings. The number of nitrogens with one attached hydrogen (secondary N) is 1. The normalized spacial score (nSPS) is 21.8. The number of carbonyl (C=O) groups is 1. The van der Waals surface area contributed by atoms with E-state index in [1.807, 2.05) is 40.9 Å². The predicted molar refractivity (Wildman–Crippen MR) is 80.4 cm³/mol. The minimum Gasteiger partial charge on any atom is -0.371 e. The Hall–Kier alpha value is -1.80. The van der Waals surface area contributed by atoms with Crippen molar-refractivity contribution in [2.45, 2.75) is 46.3 Å². The van der Waals surface area contributed by atoms with Gasteiger partial charge in [0.05, 0.1) is 11.7 Å². The first-order chi connectivity index (χ1) is 9.76. The fourth-order valence-corrected chi connectivity index (χ4v) is 2.39. The summed E-state index contributed by atoms with van der Waals surface area (Å²) < 4.78 is 7.54. The molecule has 1 amide bonds. The Balaban J connectivity index is 2.07. The molecule has 5 heteroatoms. The van der Waals surface area contributed by atoms with Crippen LogP contribution in [-0.4, -0.2) is 28.3 Å². The zero-order valence-electron chi connectivity index (χ0n) is 13.4. The minimum atomic E-state index is -0.244. The Morgan fingerprint density at radius 1 is 1.52 bits per heavy atom. The number of ether oxygens (including phenoxy) is 1. The fraction of sp³-hybridized carbons (Fsp3) is 0.625. The highest BCUT2D eigenvalue weighted by atomic mass is 16.5. The van der Waals surface area contributed by atoms with E-state index in [2.05, 4.69) is 22.3 Å². The zero-order chi connectivity index (χ0) is 15.6. The van der Waals surface area contributed by atoms with Crippen LogP contribution in [0, 0.1) is 24.2 Å². The van der Waals surface area contributed by atoms with Crippen LogP contribution in [0.3, 0.4) is 0 Å². The van der Waals surface area contributed by atoms with Crippen molar-refractivity contribution in [3.63, 3.8) is 0 Å². The Morgan fingerprint density at radius 2 is 2.24 bits per heavy atom. The lowest BCUT2D eigenvalue weighted by Crippen LogP contribution is -2.36. The van der Waals surface area contributed by atoms with Gasteiger partial charge in [-0.25, -0.2) is 0 Å². The van der Waals surface area contributed by atoms with Crippen LogP contribution in [0.5, 0.6) is 0 Å². The SMILES string of the molecule is Cc1nn(C)cc1[C@H]1OCC[C@@H]1NC(=O)C#CC(C)(C)C. The highest BCUT2D eigenvalue weighted by molar-refractivity contribution is 5.93. The summed E-state index contributed by atoms with van der Waals surface area (Å²) in [4.78, 5) is 12.0. The van der Waals surface area contributed by atoms with Crippen LogP contribution < -0.4 is 5.32 Å². The van der Waals surface area contributed by atoms with Crippen molar-refractivity contribution < 1.29 is 9.53 Å². The van der Waals surface area contributed by atoms with Crippen molar-refractivity contribution in [3.05, 3.63) is 17.5 Å². The Bertz CT molecular complexity index is 587. The molecule has 0 aliphatic carbocycles. The molecule has 0 aromatic carbocycles. The summed E-state index contributed by atoms with van der Waals surface area (Å²) in [6.45, 7) is 8.53. The number of aromatic nitrogens is 2. The Labute approximate surface area is 126 Å². The summed E-state index contributed by atoms with van der Waals surface area (Å²) >= 11 is 0. The first-order valence-electron chi connectivity index (χ1n) is 7.22. The standard InChI is InChI=1S/C16H23N3O2/c1-11-12(10-19(5)18-11)15-13(7-9-21-15)17-14(20)6-8-16(2,3)4/h10,13,15H,7,9H2,1-5H3,(H,17,20)/t13-,15+/m0/s1. The van der Waals surface area contributed by atoms with Gasteiger partial charge in [-0.15, -0.1) is 0 Å². The summed E-state index contributed by atoms with van der Waals surface area (Å²) in [7, 11) is 1.88. The van der Waals surface area contributed by atoms with E-state index in [0.717, 1.165) is 17.7 Å². The van der Waals surface area contributed by atoms with Crippen molar-refractivity contribution in [1.82, 2.24) is 15.1 Å². The van der Waals surface area contributed by atoms with Crippen molar-refractivity contribution in [3.8, 4) is 11.8 Å². The summed E-state index contributed by atoms with van der Waals surface area (Å²) in [5.41, 5.74) is 1.79. The number of amides is 1. The third kappa shape index (κ3) is 4.08. The molecule has 1 saturated heterocycles. The van der Waals surface area contributed by atoms with Crippen LogP contribution in [0.1, 0.15) is 44.6 Å². The first kappa shape index (κ1) is 15.6.